The first-order chi connectivity index (χ1) is 9.99. The second kappa shape index (κ2) is 8.10. The normalized spacial score (nSPS) is 21.1. The smallest absolute Gasteiger partial charge is 0.269 e. The van der Waals surface area contributed by atoms with Gasteiger partial charge in [-0.25, -0.2) is 0 Å². The van der Waals surface area contributed by atoms with Crippen molar-refractivity contribution in [1.29, 1.82) is 0 Å². The molecule has 1 amide bonds. The summed E-state index contributed by atoms with van der Waals surface area (Å²) in [6.45, 7) is 5.65. The Labute approximate surface area is 136 Å². The second-order valence-electron chi connectivity index (χ2n) is 5.50. The monoisotopic (exact) mass is 327 g/mol. The molecule has 1 saturated heterocycles. The van der Waals surface area contributed by atoms with Crippen molar-refractivity contribution in [2.75, 3.05) is 13.1 Å². The number of amides is 1. The molecule has 1 N–H and O–H groups in total. The van der Waals surface area contributed by atoms with Crippen LogP contribution < -0.4 is 5.32 Å². The SMILES string of the molecule is CC1NCCN(C(=O)CCc2cccc([N+](=O)[O-])c2)C1C.Cl. The Balaban J connectivity index is 0.00000242. The average molecular weight is 328 g/mol. The number of piperazine rings is 1. The number of carbonyl (C=O) groups excluding carboxylic acids is 1. The Hall–Kier alpha value is -1.66. The molecule has 2 atom stereocenters. The summed E-state index contributed by atoms with van der Waals surface area (Å²) in [5.41, 5.74) is 0.900. The van der Waals surface area contributed by atoms with Crippen LogP contribution in [0.1, 0.15) is 25.8 Å². The van der Waals surface area contributed by atoms with Crippen molar-refractivity contribution < 1.29 is 9.72 Å². The molecule has 0 radical (unpaired) electrons. The molecule has 2 rings (SSSR count). The maximum absolute atomic E-state index is 12.3. The van der Waals surface area contributed by atoms with Crippen LogP contribution >= 0.6 is 12.4 Å². The average Bonchev–Trinajstić information content (AvgIpc) is 2.48. The van der Waals surface area contributed by atoms with Gasteiger partial charge in [0, 0.05) is 43.7 Å². The van der Waals surface area contributed by atoms with Gasteiger partial charge in [0.05, 0.1) is 4.92 Å². The van der Waals surface area contributed by atoms with Gasteiger partial charge in [-0.2, -0.15) is 0 Å². The fraction of sp³-hybridized carbons (Fsp3) is 0.533. The minimum absolute atomic E-state index is 0. The predicted molar refractivity (Wildman–Crippen MR) is 87.3 cm³/mol. The van der Waals surface area contributed by atoms with Gasteiger partial charge >= 0.3 is 0 Å². The Bertz CT molecular complexity index is 539. The van der Waals surface area contributed by atoms with Gasteiger partial charge in [0.25, 0.3) is 5.69 Å². The van der Waals surface area contributed by atoms with E-state index < -0.39 is 4.92 Å². The lowest BCUT2D eigenvalue weighted by atomic mass is 10.0. The van der Waals surface area contributed by atoms with E-state index in [0.29, 0.717) is 18.9 Å². The predicted octanol–water partition coefficient (Wildman–Crippen LogP) is 2.16. The topological polar surface area (TPSA) is 75.5 Å². The van der Waals surface area contributed by atoms with Gasteiger partial charge in [0.1, 0.15) is 0 Å². The number of rotatable bonds is 4. The van der Waals surface area contributed by atoms with Gasteiger partial charge in [-0.1, -0.05) is 12.1 Å². The summed E-state index contributed by atoms with van der Waals surface area (Å²) in [5.74, 6) is 0.113. The first-order valence-corrected chi connectivity index (χ1v) is 7.25. The molecule has 122 valence electrons. The fourth-order valence-electron chi connectivity index (χ4n) is 2.63. The first kappa shape index (κ1) is 18.4. The molecule has 1 aromatic rings. The molecular formula is C15H22ClN3O3. The first-order valence-electron chi connectivity index (χ1n) is 7.25. The number of aryl methyl sites for hydroxylation is 1. The molecule has 2 unspecified atom stereocenters. The maximum Gasteiger partial charge on any atom is 0.269 e. The van der Waals surface area contributed by atoms with E-state index in [1.807, 2.05) is 17.9 Å². The number of nitro benzene ring substituents is 1. The molecule has 1 heterocycles. The van der Waals surface area contributed by atoms with Crippen molar-refractivity contribution in [3.63, 3.8) is 0 Å². The minimum Gasteiger partial charge on any atom is -0.337 e. The zero-order chi connectivity index (χ0) is 15.4. The largest absolute Gasteiger partial charge is 0.337 e. The van der Waals surface area contributed by atoms with Crippen molar-refractivity contribution in [2.24, 2.45) is 0 Å². The standard InChI is InChI=1S/C15H21N3O3.ClH/c1-11-12(2)17(9-8-16-11)15(19)7-6-13-4-3-5-14(10-13)18(20)21;/h3-5,10-12,16H,6-9H2,1-2H3;1H. The van der Waals surface area contributed by atoms with Crippen molar-refractivity contribution in [2.45, 2.75) is 38.8 Å². The van der Waals surface area contributed by atoms with Crippen LogP contribution in [0.2, 0.25) is 0 Å². The lowest BCUT2D eigenvalue weighted by Gasteiger charge is -2.38. The third-order valence-electron chi connectivity index (χ3n) is 4.10. The number of nitro groups is 1. The van der Waals surface area contributed by atoms with E-state index in [1.54, 1.807) is 6.07 Å². The van der Waals surface area contributed by atoms with Crippen LogP contribution in [0.3, 0.4) is 0 Å². The van der Waals surface area contributed by atoms with E-state index in [2.05, 4.69) is 12.2 Å². The number of benzene rings is 1. The van der Waals surface area contributed by atoms with Crippen LogP contribution in [0.15, 0.2) is 24.3 Å². The van der Waals surface area contributed by atoms with Gasteiger partial charge in [-0.15, -0.1) is 12.4 Å². The van der Waals surface area contributed by atoms with Crippen LogP contribution in [0, 0.1) is 10.1 Å². The third-order valence-corrected chi connectivity index (χ3v) is 4.10. The Morgan fingerprint density at radius 1 is 1.45 bits per heavy atom. The number of hydrogen-bond donors (Lipinski definition) is 1. The summed E-state index contributed by atoms with van der Waals surface area (Å²) in [6, 6.07) is 6.96. The van der Waals surface area contributed by atoms with Crippen molar-refractivity contribution in [3.8, 4) is 0 Å². The summed E-state index contributed by atoms with van der Waals surface area (Å²) in [4.78, 5) is 24.5. The summed E-state index contributed by atoms with van der Waals surface area (Å²) >= 11 is 0. The number of nitrogens with zero attached hydrogens (tertiary/aromatic N) is 2. The number of halogens is 1. The molecule has 0 spiro atoms. The molecule has 7 heteroatoms. The highest BCUT2D eigenvalue weighted by Gasteiger charge is 2.27. The molecule has 22 heavy (non-hydrogen) atoms. The van der Waals surface area contributed by atoms with Crippen molar-refractivity contribution in [3.05, 3.63) is 39.9 Å². The summed E-state index contributed by atoms with van der Waals surface area (Å²) < 4.78 is 0. The van der Waals surface area contributed by atoms with E-state index in [-0.39, 0.29) is 30.0 Å². The highest BCUT2D eigenvalue weighted by molar-refractivity contribution is 5.85. The molecule has 6 nitrogen and oxygen atoms in total. The summed E-state index contributed by atoms with van der Waals surface area (Å²) in [6.07, 6.45) is 0.920. The summed E-state index contributed by atoms with van der Waals surface area (Å²) in [7, 11) is 0. The molecule has 0 aliphatic carbocycles. The van der Waals surface area contributed by atoms with Crippen LogP contribution in [-0.4, -0.2) is 40.9 Å². The third kappa shape index (κ3) is 4.42. The highest BCUT2D eigenvalue weighted by atomic mass is 35.5. The van der Waals surface area contributed by atoms with Crippen LogP contribution in [0.5, 0.6) is 0 Å². The number of carbonyl (C=O) groups is 1. The van der Waals surface area contributed by atoms with Crippen molar-refractivity contribution >= 4 is 24.0 Å². The molecule has 1 aliphatic heterocycles. The van der Waals surface area contributed by atoms with Crippen LogP contribution in [0.25, 0.3) is 0 Å². The highest BCUT2D eigenvalue weighted by Crippen LogP contribution is 2.16. The number of non-ortho nitro benzene ring substituents is 1. The lowest BCUT2D eigenvalue weighted by molar-refractivity contribution is -0.384. The maximum atomic E-state index is 12.3. The number of hydrogen-bond acceptors (Lipinski definition) is 4. The second-order valence-corrected chi connectivity index (χ2v) is 5.50. The van der Waals surface area contributed by atoms with E-state index in [4.69, 9.17) is 0 Å². The van der Waals surface area contributed by atoms with E-state index in [1.165, 1.54) is 12.1 Å². The Morgan fingerprint density at radius 3 is 2.86 bits per heavy atom. The van der Waals surface area contributed by atoms with Crippen molar-refractivity contribution in [1.82, 2.24) is 10.2 Å². The van der Waals surface area contributed by atoms with Crippen LogP contribution in [0.4, 0.5) is 5.69 Å². The van der Waals surface area contributed by atoms with E-state index in [9.17, 15) is 14.9 Å². The van der Waals surface area contributed by atoms with Gasteiger partial charge in [0.15, 0.2) is 0 Å². The van der Waals surface area contributed by atoms with Gasteiger partial charge < -0.3 is 10.2 Å². The van der Waals surface area contributed by atoms with Crippen LogP contribution in [-0.2, 0) is 11.2 Å². The molecule has 0 aromatic heterocycles. The summed E-state index contributed by atoms with van der Waals surface area (Å²) in [5, 5.41) is 14.1. The molecule has 1 fully saturated rings. The fourth-order valence-corrected chi connectivity index (χ4v) is 2.63. The molecule has 0 saturated carbocycles. The molecule has 0 bridgehead atoms. The molecular weight excluding hydrogens is 306 g/mol. The zero-order valence-electron chi connectivity index (χ0n) is 12.8. The van der Waals surface area contributed by atoms with Gasteiger partial charge in [-0.05, 0) is 25.8 Å². The number of nitrogens with one attached hydrogen (secondary N) is 1. The Kier molecular flexibility index (Phi) is 6.77. The van der Waals surface area contributed by atoms with E-state index in [0.717, 1.165) is 18.7 Å². The Morgan fingerprint density at radius 2 is 2.18 bits per heavy atom. The molecule has 1 aliphatic rings. The van der Waals surface area contributed by atoms with Gasteiger partial charge in [0.2, 0.25) is 5.91 Å². The molecule has 1 aromatic carbocycles. The quantitative estimate of drug-likeness (QED) is 0.679. The lowest BCUT2D eigenvalue weighted by Crippen LogP contribution is -2.57. The minimum atomic E-state index is -0.411. The van der Waals surface area contributed by atoms with E-state index >= 15 is 0 Å². The zero-order valence-corrected chi connectivity index (χ0v) is 13.6. The van der Waals surface area contributed by atoms with Gasteiger partial charge in [-0.3, -0.25) is 14.9 Å².